The summed E-state index contributed by atoms with van der Waals surface area (Å²) in [5.74, 6) is 1.67. The van der Waals surface area contributed by atoms with Crippen molar-refractivity contribution < 1.29 is 9.26 Å². The van der Waals surface area contributed by atoms with E-state index in [-0.39, 0.29) is 5.41 Å². The Balaban J connectivity index is 1.45. The molecule has 146 valence electrons. The van der Waals surface area contributed by atoms with Crippen molar-refractivity contribution in [1.29, 1.82) is 0 Å². The number of rotatable bonds is 5. The molecule has 0 amide bonds. The lowest BCUT2D eigenvalue weighted by Crippen LogP contribution is -2.28. The van der Waals surface area contributed by atoms with E-state index in [4.69, 9.17) is 25.8 Å². The van der Waals surface area contributed by atoms with Crippen LogP contribution in [-0.4, -0.2) is 38.1 Å². The maximum atomic E-state index is 5.98. The van der Waals surface area contributed by atoms with Crippen molar-refractivity contribution in [2.75, 3.05) is 13.2 Å². The zero-order valence-corrected chi connectivity index (χ0v) is 16.5. The van der Waals surface area contributed by atoms with Crippen molar-refractivity contribution in [3.05, 3.63) is 47.3 Å². The van der Waals surface area contributed by atoms with Gasteiger partial charge in [-0.3, -0.25) is 4.68 Å². The molecule has 2 aliphatic rings. The third kappa shape index (κ3) is 3.12. The second kappa shape index (κ2) is 6.97. The number of nitrogens with zero attached hydrogens (tertiary/aromatic N) is 5. The number of hydrogen-bond donors (Lipinski definition) is 0. The predicted molar refractivity (Wildman–Crippen MR) is 103 cm³/mol. The van der Waals surface area contributed by atoms with Gasteiger partial charge >= 0.3 is 0 Å². The number of pyridine rings is 1. The van der Waals surface area contributed by atoms with E-state index >= 15 is 0 Å². The van der Waals surface area contributed by atoms with Gasteiger partial charge in [-0.15, -0.1) is 0 Å². The van der Waals surface area contributed by atoms with Crippen LogP contribution in [0.15, 0.2) is 35.2 Å². The van der Waals surface area contributed by atoms with Crippen LogP contribution in [0.2, 0.25) is 5.15 Å². The van der Waals surface area contributed by atoms with E-state index in [0.29, 0.717) is 28.8 Å². The monoisotopic (exact) mass is 399 g/mol. The fourth-order valence-corrected chi connectivity index (χ4v) is 4.15. The van der Waals surface area contributed by atoms with E-state index in [0.717, 1.165) is 50.0 Å². The molecule has 1 aliphatic heterocycles. The topological polar surface area (TPSA) is 78.9 Å². The fourth-order valence-electron chi connectivity index (χ4n) is 4.04. The first-order chi connectivity index (χ1) is 13.6. The highest BCUT2D eigenvalue weighted by atomic mass is 35.5. The quantitative estimate of drug-likeness (QED) is 0.602. The highest BCUT2D eigenvalue weighted by molar-refractivity contribution is 6.29. The van der Waals surface area contributed by atoms with Gasteiger partial charge in [0.25, 0.3) is 5.89 Å². The summed E-state index contributed by atoms with van der Waals surface area (Å²) in [5.41, 5.74) is 1.57. The minimum Gasteiger partial charge on any atom is -0.381 e. The van der Waals surface area contributed by atoms with Crippen LogP contribution in [0, 0.1) is 5.92 Å². The Hall–Kier alpha value is -2.25. The van der Waals surface area contributed by atoms with Crippen molar-refractivity contribution in [2.45, 2.75) is 44.1 Å². The van der Waals surface area contributed by atoms with Crippen molar-refractivity contribution in [2.24, 2.45) is 5.92 Å². The van der Waals surface area contributed by atoms with E-state index in [1.54, 1.807) is 6.20 Å². The van der Waals surface area contributed by atoms with E-state index in [1.165, 1.54) is 0 Å². The second-order valence-corrected chi connectivity index (χ2v) is 8.21. The van der Waals surface area contributed by atoms with Crippen LogP contribution in [-0.2, 0) is 10.2 Å². The minimum absolute atomic E-state index is 0.337. The van der Waals surface area contributed by atoms with Crippen LogP contribution in [0.4, 0.5) is 0 Å². The number of halogens is 1. The lowest BCUT2D eigenvalue weighted by Gasteiger charge is -2.26. The molecule has 28 heavy (non-hydrogen) atoms. The molecular weight excluding hydrogens is 378 g/mol. The lowest BCUT2D eigenvalue weighted by molar-refractivity contribution is 0.0662. The van der Waals surface area contributed by atoms with Crippen molar-refractivity contribution in [3.63, 3.8) is 0 Å². The lowest BCUT2D eigenvalue weighted by atomic mass is 9.78. The molecule has 5 rings (SSSR count). The van der Waals surface area contributed by atoms with Gasteiger partial charge in [-0.25, -0.2) is 4.98 Å². The predicted octanol–water partition coefficient (Wildman–Crippen LogP) is 4.05. The molecule has 0 N–H and O–H groups in total. The molecule has 0 radical (unpaired) electrons. The van der Waals surface area contributed by atoms with Crippen LogP contribution >= 0.6 is 11.6 Å². The van der Waals surface area contributed by atoms with Gasteiger partial charge in [0.05, 0.1) is 23.2 Å². The SMILES string of the molecule is C[C@@](c1ccc(Cl)nc1)(c1noc(-c2cnn(C3CCOCC3)c2)n1)C1CC1. The standard InChI is InChI=1S/C20H22ClN5O2/c1-20(14-2-3-14,15-4-5-17(21)22-11-15)19-24-18(28-25-19)13-10-23-26(12-13)16-6-8-27-9-7-16/h4-5,10-12,14,16H,2-3,6-9H2,1H3/t20-/m1/s1. The molecule has 1 aliphatic carbocycles. The molecule has 1 saturated heterocycles. The summed E-state index contributed by atoms with van der Waals surface area (Å²) < 4.78 is 13.1. The smallest absolute Gasteiger partial charge is 0.261 e. The first kappa shape index (κ1) is 17.8. The number of ether oxygens (including phenoxy) is 1. The van der Waals surface area contributed by atoms with E-state index in [9.17, 15) is 0 Å². The van der Waals surface area contributed by atoms with Crippen LogP contribution in [0.3, 0.4) is 0 Å². The summed E-state index contributed by atoms with van der Waals surface area (Å²) in [6, 6.07) is 4.19. The highest BCUT2D eigenvalue weighted by Gasteiger charge is 2.47. The molecule has 4 heterocycles. The normalized spacial score (nSPS) is 20.2. The Labute approximate surface area is 168 Å². The van der Waals surface area contributed by atoms with Gasteiger partial charge in [-0.05, 0) is 50.2 Å². The van der Waals surface area contributed by atoms with E-state index < -0.39 is 0 Å². The third-order valence-electron chi connectivity index (χ3n) is 6.02. The Bertz CT molecular complexity index is 959. The molecule has 2 fully saturated rings. The second-order valence-electron chi connectivity index (χ2n) is 7.82. The summed E-state index contributed by atoms with van der Waals surface area (Å²) in [5, 5.41) is 9.34. The van der Waals surface area contributed by atoms with Gasteiger partial charge in [0, 0.05) is 25.6 Å². The molecule has 0 bridgehead atoms. The maximum Gasteiger partial charge on any atom is 0.261 e. The van der Waals surface area contributed by atoms with Gasteiger partial charge in [0.15, 0.2) is 5.82 Å². The Morgan fingerprint density at radius 2 is 1.96 bits per heavy atom. The first-order valence-electron chi connectivity index (χ1n) is 9.73. The van der Waals surface area contributed by atoms with Gasteiger partial charge < -0.3 is 9.26 Å². The Kier molecular flexibility index (Phi) is 4.44. The molecule has 3 aromatic rings. The fraction of sp³-hybridized carbons (Fsp3) is 0.500. The molecule has 1 saturated carbocycles. The van der Waals surface area contributed by atoms with Crippen LogP contribution in [0.25, 0.3) is 11.5 Å². The summed E-state index contributed by atoms with van der Waals surface area (Å²) in [7, 11) is 0. The third-order valence-corrected chi connectivity index (χ3v) is 6.25. The molecule has 7 nitrogen and oxygen atoms in total. The van der Waals surface area contributed by atoms with Gasteiger partial charge in [0.2, 0.25) is 0 Å². The van der Waals surface area contributed by atoms with Gasteiger partial charge in [-0.1, -0.05) is 22.8 Å². The highest BCUT2D eigenvalue weighted by Crippen LogP contribution is 2.50. The average Bonchev–Trinajstić information content (AvgIpc) is 3.27. The zero-order chi connectivity index (χ0) is 19.1. The molecule has 8 heteroatoms. The first-order valence-corrected chi connectivity index (χ1v) is 10.1. The largest absolute Gasteiger partial charge is 0.381 e. The maximum absolute atomic E-state index is 5.98. The Morgan fingerprint density at radius 1 is 1.14 bits per heavy atom. The molecule has 0 spiro atoms. The van der Waals surface area contributed by atoms with Crippen molar-refractivity contribution >= 4 is 11.6 Å². The minimum atomic E-state index is -0.337. The number of aromatic nitrogens is 5. The van der Waals surface area contributed by atoms with E-state index in [2.05, 4.69) is 22.2 Å². The van der Waals surface area contributed by atoms with Crippen molar-refractivity contribution in [1.82, 2.24) is 24.9 Å². The van der Waals surface area contributed by atoms with Gasteiger partial charge in [0.1, 0.15) is 5.15 Å². The molecule has 1 atom stereocenters. The summed E-state index contributed by atoms with van der Waals surface area (Å²) in [6.07, 6.45) is 9.84. The van der Waals surface area contributed by atoms with Crippen LogP contribution < -0.4 is 0 Å². The molecule has 0 unspecified atom stereocenters. The Morgan fingerprint density at radius 3 is 2.68 bits per heavy atom. The average molecular weight is 400 g/mol. The number of hydrogen-bond acceptors (Lipinski definition) is 6. The molecule has 0 aromatic carbocycles. The van der Waals surface area contributed by atoms with Crippen LogP contribution in [0.1, 0.15) is 50.0 Å². The van der Waals surface area contributed by atoms with E-state index in [1.807, 2.05) is 29.2 Å². The summed E-state index contributed by atoms with van der Waals surface area (Å²) in [4.78, 5) is 9.01. The molecular formula is C20H22ClN5O2. The summed E-state index contributed by atoms with van der Waals surface area (Å²) in [6.45, 7) is 3.72. The van der Waals surface area contributed by atoms with Gasteiger partial charge in [-0.2, -0.15) is 10.1 Å². The zero-order valence-electron chi connectivity index (χ0n) is 15.7. The van der Waals surface area contributed by atoms with Crippen molar-refractivity contribution in [3.8, 4) is 11.5 Å². The van der Waals surface area contributed by atoms with Crippen LogP contribution in [0.5, 0.6) is 0 Å². The summed E-state index contributed by atoms with van der Waals surface area (Å²) >= 11 is 5.98. The molecule has 3 aromatic heterocycles.